The van der Waals surface area contributed by atoms with E-state index in [0.717, 1.165) is 0 Å². The van der Waals surface area contributed by atoms with Crippen molar-refractivity contribution in [1.82, 2.24) is 0 Å². The summed E-state index contributed by atoms with van der Waals surface area (Å²) in [7, 11) is 1.32. The Hall–Kier alpha value is -1.39. The van der Waals surface area contributed by atoms with Gasteiger partial charge in [0.25, 0.3) is 0 Å². The third kappa shape index (κ3) is 3.38. The molecule has 0 fully saturated rings. The minimum absolute atomic E-state index is 0.426. The lowest BCUT2D eigenvalue weighted by molar-refractivity contribution is -0.134. The largest absolute Gasteiger partial charge is 0.466 e. The summed E-state index contributed by atoms with van der Waals surface area (Å²) in [6.07, 6.45) is 6.36. The Morgan fingerprint density at radius 3 is 2.60 bits per heavy atom. The summed E-state index contributed by atoms with van der Waals surface area (Å²) in [6.45, 7) is 7.39. The van der Waals surface area contributed by atoms with Crippen LogP contribution in [0.25, 0.3) is 0 Å². The quantitative estimate of drug-likeness (QED) is 0.360. The van der Waals surface area contributed by atoms with Gasteiger partial charge >= 0.3 is 5.97 Å². The van der Waals surface area contributed by atoms with Gasteiger partial charge in [0.2, 0.25) is 0 Å². The average Bonchev–Trinajstić information content (AvgIpc) is 2.32. The molecule has 4 nitrogen and oxygen atoms in total. The number of ether oxygens (including phenoxy) is 1. The summed E-state index contributed by atoms with van der Waals surface area (Å²) in [4.78, 5) is 11.1. The number of aliphatic hydroxyl groups is 2. The van der Waals surface area contributed by atoms with E-state index in [2.05, 4.69) is 4.74 Å². The summed E-state index contributed by atoms with van der Waals surface area (Å²) in [5, 5.41) is 20.7. The number of carbonyl (C=O) groups excluding carboxylic acids is 1. The van der Waals surface area contributed by atoms with E-state index in [1.54, 1.807) is 32.1 Å². The van der Waals surface area contributed by atoms with Crippen molar-refractivity contribution >= 4 is 5.97 Å². The van der Waals surface area contributed by atoms with Crippen LogP contribution in [0.15, 0.2) is 35.5 Å². The van der Waals surface area contributed by atoms with Crippen LogP contribution in [0.4, 0.5) is 0 Å². The Bertz CT molecular complexity index is 471. The molecule has 2 unspecified atom stereocenters. The molecule has 0 heterocycles. The Kier molecular flexibility index (Phi) is 4.95. The molecule has 20 heavy (non-hydrogen) atoms. The zero-order valence-electron chi connectivity index (χ0n) is 12.8. The number of esters is 1. The molecule has 0 radical (unpaired) electrons. The van der Waals surface area contributed by atoms with Crippen LogP contribution in [-0.2, 0) is 9.53 Å². The molecule has 0 aliphatic heterocycles. The standard InChI is InChI=1S/C16H24O4/c1-11(8-14(18)20-5)6-7-16(19)12(2)9-13(17)10-15(16,3)4/h6-9,13,17,19H,10H2,1-5H3/b7-6+,11-8-. The van der Waals surface area contributed by atoms with Crippen molar-refractivity contribution in [3.05, 3.63) is 35.5 Å². The van der Waals surface area contributed by atoms with Crippen molar-refractivity contribution in [3.8, 4) is 0 Å². The van der Waals surface area contributed by atoms with Gasteiger partial charge in [0.15, 0.2) is 0 Å². The third-order valence-electron chi connectivity index (χ3n) is 3.93. The molecule has 0 spiro atoms. The molecule has 0 bridgehead atoms. The highest BCUT2D eigenvalue weighted by molar-refractivity contribution is 5.83. The third-order valence-corrected chi connectivity index (χ3v) is 3.93. The van der Waals surface area contributed by atoms with Crippen LogP contribution >= 0.6 is 0 Å². The van der Waals surface area contributed by atoms with Gasteiger partial charge in [-0.1, -0.05) is 26.0 Å². The first kappa shape index (κ1) is 16.7. The van der Waals surface area contributed by atoms with Crippen molar-refractivity contribution < 1.29 is 19.7 Å². The van der Waals surface area contributed by atoms with Crippen molar-refractivity contribution in [2.75, 3.05) is 7.11 Å². The van der Waals surface area contributed by atoms with Crippen molar-refractivity contribution in [3.63, 3.8) is 0 Å². The summed E-state index contributed by atoms with van der Waals surface area (Å²) in [6, 6.07) is 0. The van der Waals surface area contributed by atoms with E-state index < -0.39 is 23.1 Å². The molecule has 0 saturated carbocycles. The zero-order chi connectivity index (χ0) is 15.6. The fourth-order valence-electron chi connectivity index (χ4n) is 2.59. The molecule has 2 atom stereocenters. The van der Waals surface area contributed by atoms with Crippen molar-refractivity contribution in [1.29, 1.82) is 0 Å². The lowest BCUT2D eigenvalue weighted by Crippen LogP contribution is -2.48. The van der Waals surface area contributed by atoms with Gasteiger partial charge in [-0.3, -0.25) is 0 Å². The van der Waals surface area contributed by atoms with Crippen molar-refractivity contribution in [2.24, 2.45) is 5.41 Å². The second kappa shape index (κ2) is 5.94. The van der Waals surface area contributed by atoms with Crippen LogP contribution in [0, 0.1) is 5.41 Å². The molecule has 0 saturated heterocycles. The fourth-order valence-corrected chi connectivity index (χ4v) is 2.59. The topological polar surface area (TPSA) is 66.8 Å². The SMILES string of the molecule is COC(=O)/C=C(C)\C=C\C1(O)C(C)=CC(O)CC1(C)C. The highest BCUT2D eigenvalue weighted by Gasteiger charge is 2.46. The number of allylic oxidation sites excluding steroid dienone is 2. The normalized spacial score (nSPS) is 30.2. The average molecular weight is 280 g/mol. The van der Waals surface area contributed by atoms with Gasteiger partial charge in [0.1, 0.15) is 5.60 Å². The second-order valence-corrected chi connectivity index (χ2v) is 6.02. The Balaban J connectivity index is 3.07. The molecule has 0 aromatic carbocycles. The van der Waals surface area contributed by atoms with Gasteiger partial charge in [0.05, 0.1) is 13.2 Å². The summed E-state index contributed by atoms with van der Waals surface area (Å²) in [5.41, 5.74) is -0.228. The maximum atomic E-state index is 11.1. The smallest absolute Gasteiger partial charge is 0.330 e. The molecule has 1 aliphatic rings. The number of rotatable bonds is 3. The van der Waals surface area contributed by atoms with E-state index in [9.17, 15) is 15.0 Å². The number of methoxy groups -OCH3 is 1. The van der Waals surface area contributed by atoms with E-state index in [0.29, 0.717) is 17.6 Å². The van der Waals surface area contributed by atoms with Gasteiger partial charge in [-0.05, 0) is 37.5 Å². The monoisotopic (exact) mass is 280 g/mol. The molecule has 0 aromatic rings. The number of aliphatic hydroxyl groups excluding tert-OH is 1. The maximum Gasteiger partial charge on any atom is 0.330 e. The van der Waals surface area contributed by atoms with Gasteiger partial charge in [0, 0.05) is 11.5 Å². The maximum absolute atomic E-state index is 11.1. The molecular formula is C16H24O4. The number of hydrogen-bond donors (Lipinski definition) is 2. The fraction of sp³-hybridized carbons (Fsp3) is 0.562. The minimum Gasteiger partial charge on any atom is -0.466 e. The molecule has 4 heteroatoms. The molecule has 2 N–H and O–H groups in total. The first-order valence-corrected chi connectivity index (χ1v) is 6.67. The summed E-state index contributed by atoms with van der Waals surface area (Å²) in [5.74, 6) is -0.426. The van der Waals surface area contributed by atoms with Gasteiger partial charge in [-0.25, -0.2) is 4.79 Å². The molecule has 1 rings (SSSR count). The summed E-state index contributed by atoms with van der Waals surface area (Å²) >= 11 is 0. The highest BCUT2D eigenvalue weighted by atomic mass is 16.5. The first-order chi connectivity index (χ1) is 9.12. The van der Waals surface area contributed by atoms with E-state index in [1.807, 2.05) is 13.8 Å². The second-order valence-electron chi connectivity index (χ2n) is 6.02. The van der Waals surface area contributed by atoms with Crippen molar-refractivity contribution in [2.45, 2.75) is 45.8 Å². The Labute approximate surface area is 120 Å². The van der Waals surface area contributed by atoms with Crippen LogP contribution in [0.2, 0.25) is 0 Å². The minimum atomic E-state index is -1.14. The molecule has 0 amide bonds. The van der Waals surface area contributed by atoms with E-state index in [-0.39, 0.29) is 0 Å². The van der Waals surface area contributed by atoms with E-state index >= 15 is 0 Å². The van der Waals surface area contributed by atoms with Gasteiger partial charge in [-0.15, -0.1) is 0 Å². The van der Waals surface area contributed by atoms with Gasteiger partial charge in [-0.2, -0.15) is 0 Å². The lowest BCUT2D eigenvalue weighted by atomic mass is 9.64. The van der Waals surface area contributed by atoms with E-state index in [4.69, 9.17) is 0 Å². The molecule has 0 aromatic heterocycles. The predicted octanol–water partition coefficient (Wildman–Crippen LogP) is 2.13. The molecule has 112 valence electrons. The number of carbonyl (C=O) groups is 1. The van der Waals surface area contributed by atoms with Crippen LogP contribution in [0.3, 0.4) is 0 Å². The lowest BCUT2D eigenvalue weighted by Gasteiger charge is -2.46. The molecule has 1 aliphatic carbocycles. The zero-order valence-corrected chi connectivity index (χ0v) is 12.8. The Morgan fingerprint density at radius 2 is 2.10 bits per heavy atom. The van der Waals surface area contributed by atoms with E-state index in [1.165, 1.54) is 13.2 Å². The molecular weight excluding hydrogens is 256 g/mol. The highest BCUT2D eigenvalue weighted by Crippen LogP contribution is 2.45. The van der Waals surface area contributed by atoms with Crippen LogP contribution < -0.4 is 0 Å². The first-order valence-electron chi connectivity index (χ1n) is 6.67. The predicted molar refractivity (Wildman–Crippen MR) is 78.0 cm³/mol. The Morgan fingerprint density at radius 1 is 1.50 bits per heavy atom. The van der Waals surface area contributed by atoms with Crippen LogP contribution in [0.1, 0.15) is 34.1 Å². The van der Waals surface area contributed by atoms with Gasteiger partial charge < -0.3 is 14.9 Å². The summed E-state index contributed by atoms with van der Waals surface area (Å²) < 4.78 is 4.56. The van der Waals surface area contributed by atoms with Crippen LogP contribution in [-0.4, -0.2) is 35.0 Å². The number of hydrogen-bond acceptors (Lipinski definition) is 4. The van der Waals surface area contributed by atoms with Crippen LogP contribution in [0.5, 0.6) is 0 Å².